The minimum atomic E-state index is -3.64. The van der Waals surface area contributed by atoms with Crippen molar-refractivity contribution in [1.29, 1.82) is 0 Å². The molecule has 1 heterocycles. The topological polar surface area (TPSA) is 73.1 Å². The van der Waals surface area contributed by atoms with Gasteiger partial charge in [-0.15, -0.1) is 0 Å². The first-order valence-electron chi connectivity index (χ1n) is 10.2. The van der Waals surface area contributed by atoms with Crippen LogP contribution in [0.25, 0.3) is 5.69 Å². The van der Waals surface area contributed by atoms with Gasteiger partial charge in [-0.1, -0.05) is 38.1 Å². The molecule has 2 aromatic carbocycles. The number of aromatic nitrogens is 2. The fourth-order valence-electron chi connectivity index (χ4n) is 4.38. The summed E-state index contributed by atoms with van der Waals surface area (Å²) in [6.07, 6.45) is 1.40. The molecule has 0 amide bonds. The average Bonchev–Trinajstić information content (AvgIpc) is 3.19. The van der Waals surface area contributed by atoms with Crippen LogP contribution in [-0.4, -0.2) is 23.8 Å². The predicted octanol–water partition coefficient (Wildman–Crippen LogP) is 3.05. The van der Waals surface area contributed by atoms with Crippen LogP contribution in [0.1, 0.15) is 42.1 Å². The summed E-state index contributed by atoms with van der Waals surface area (Å²) in [4.78, 5) is 13.1. The Bertz CT molecular complexity index is 1230. The lowest BCUT2D eigenvalue weighted by molar-refractivity contribution is 0.555. The summed E-state index contributed by atoms with van der Waals surface area (Å²) in [6.45, 7) is 5.92. The van der Waals surface area contributed by atoms with Crippen LogP contribution >= 0.6 is 0 Å². The SMILES string of the molecule is Cc1c(C(C)C)c(=O)n(-c2ccc(S(=O)(=O)NC3Cc4ccccc4C3)cc2)n1C. The molecule has 0 bridgehead atoms. The van der Waals surface area contributed by atoms with Gasteiger partial charge in [0.2, 0.25) is 10.0 Å². The molecule has 0 unspecified atom stereocenters. The van der Waals surface area contributed by atoms with E-state index >= 15 is 0 Å². The maximum atomic E-state index is 12.9. The van der Waals surface area contributed by atoms with Gasteiger partial charge in [-0.05, 0) is 61.1 Å². The second-order valence-corrected chi connectivity index (χ2v) is 10.00. The smallest absolute Gasteiger partial charge is 0.275 e. The molecule has 6 nitrogen and oxygen atoms in total. The number of rotatable bonds is 5. The van der Waals surface area contributed by atoms with E-state index in [0.29, 0.717) is 18.5 Å². The summed E-state index contributed by atoms with van der Waals surface area (Å²) in [5.41, 5.74) is 4.65. The first kappa shape index (κ1) is 20.6. The first-order chi connectivity index (χ1) is 14.2. The molecule has 158 valence electrons. The third-order valence-electron chi connectivity index (χ3n) is 5.94. The zero-order chi connectivity index (χ0) is 21.6. The maximum Gasteiger partial charge on any atom is 0.275 e. The van der Waals surface area contributed by atoms with Crippen molar-refractivity contribution in [3.8, 4) is 5.69 Å². The van der Waals surface area contributed by atoms with Crippen molar-refractivity contribution in [2.75, 3.05) is 0 Å². The van der Waals surface area contributed by atoms with Crippen molar-refractivity contribution in [2.45, 2.75) is 50.5 Å². The second kappa shape index (κ2) is 7.56. The van der Waals surface area contributed by atoms with Crippen molar-refractivity contribution in [1.82, 2.24) is 14.1 Å². The van der Waals surface area contributed by atoms with E-state index in [1.54, 1.807) is 28.9 Å². The van der Waals surface area contributed by atoms with Crippen molar-refractivity contribution < 1.29 is 8.42 Å². The second-order valence-electron chi connectivity index (χ2n) is 8.28. The lowest BCUT2D eigenvalue weighted by atomic mass is 10.0. The number of hydrogen-bond donors (Lipinski definition) is 1. The predicted molar refractivity (Wildman–Crippen MR) is 118 cm³/mol. The maximum absolute atomic E-state index is 12.9. The summed E-state index contributed by atoms with van der Waals surface area (Å²) < 4.78 is 32.0. The third kappa shape index (κ3) is 3.52. The van der Waals surface area contributed by atoms with E-state index in [-0.39, 0.29) is 22.4 Å². The highest BCUT2D eigenvalue weighted by atomic mass is 32.2. The Labute approximate surface area is 177 Å². The number of fused-ring (bicyclic) bond motifs is 1. The van der Waals surface area contributed by atoms with E-state index in [1.807, 2.05) is 56.8 Å². The molecule has 1 aromatic heterocycles. The summed E-state index contributed by atoms with van der Waals surface area (Å²) in [5.74, 6) is 0.115. The highest BCUT2D eigenvalue weighted by Crippen LogP contribution is 2.24. The average molecular weight is 426 g/mol. The van der Waals surface area contributed by atoms with Crippen LogP contribution in [0.5, 0.6) is 0 Å². The molecule has 7 heteroatoms. The fourth-order valence-corrected chi connectivity index (χ4v) is 5.62. The number of hydrogen-bond acceptors (Lipinski definition) is 3. The standard InChI is InChI=1S/C23H27N3O3S/c1-15(2)22-16(3)25(4)26(23(22)27)20-9-11-21(12-10-20)30(28,29)24-19-13-17-7-5-6-8-18(17)14-19/h5-12,15,19,24H,13-14H2,1-4H3. The van der Waals surface area contributed by atoms with Gasteiger partial charge in [0.25, 0.3) is 5.56 Å². The fraction of sp³-hybridized carbons (Fsp3) is 0.348. The van der Waals surface area contributed by atoms with Gasteiger partial charge in [-0.2, -0.15) is 0 Å². The van der Waals surface area contributed by atoms with Crippen LogP contribution in [0.2, 0.25) is 0 Å². The lowest BCUT2D eigenvalue weighted by Crippen LogP contribution is -2.35. The molecule has 4 rings (SSSR count). The van der Waals surface area contributed by atoms with Crippen LogP contribution in [0.15, 0.2) is 58.2 Å². The van der Waals surface area contributed by atoms with E-state index in [9.17, 15) is 13.2 Å². The number of nitrogens with one attached hydrogen (secondary N) is 1. The molecule has 0 atom stereocenters. The number of sulfonamides is 1. The zero-order valence-electron chi connectivity index (χ0n) is 17.7. The van der Waals surface area contributed by atoms with Gasteiger partial charge in [0.1, 0.15) is 0 Å². The van der Waals surface area contributed by atoms with E-state index in [1.165, 1.54) is 11.1 Å². The highest BCUT2D eigenvalue weighted by molar-refractivity contribution is 7.89. The molecule has 0 radical (unpaired) electrons. The van der Waals surface area contributed by atoms with Crippen molar-refractivity contribution in [2.24, 2.45) is 7.05 Å². The van der Waals surface area contributed by atoms with Gasteiger partial charge >= 0.3 is 0 Å². The molecule has 0 aliphatic heterocycles. The quantitative estimate of drug-likeness (QED) is 0.683. The lowest BCUT2D eigenvalue weighted by Gasteiger charge is -2.14. The van der Waals surface area contributed by atoms with E-state index < -0.39 is 10.0 Å². The molecule has 0 fully saturated rings. The summed E-state index contributed by atoms with van der Waals surface area (Å²) in [7, 11) is -1.80. The summed E-state index contributed by atoms with van der Waals surface area (Å²) in [5, 5.41) is 0. The van der Waals surface area contributed by atoms with Crippen LogP contribution in [0, 0.1) is 6.92 Å². The minimum absolute atomic E-state index is 0.0672. The molecular formula is C23H27N3O3S. The summed E-state index contributed by atoms with van der Waals surface area (Å²) >= 11 is 0. The zero-order valence-corrected chi connectivity index (χ0v) is 18.5. The summed E-state index contributed by atoms with van der Waals surface area (Å²) in [6, 6.07) is 14.4. The molecule has 30 heavy (non-hydrogen) atoms. The van der Waals surface area contributed by atoms with Crippen molar-refractivity contribution in [3.05, 3.63) is 81.3 Å². The van der Waals surface area contributed by atoms with E-state index in [2.05, 4.69) is 4.72 Å². The normalized spacial score (nSPS) is 14.4. The number of benzene rings is 2. The highest BCUT2D eigenvalue weighted by Gasteiger charge is 2.26. The largest absolute Gasteiger partial charge is 0.285 e. The van der Waals surface area contributed by atoms with Crippen molar-refractivity contribution in [3.63, 3.8) is 0 Å². The third-order valence-corrected chi connectivity index (χ3v) is 7.48. The van der Waals surface area contributed by atoms with Gasteiger partial charge < -0.3 is 0 Å². The van der Waals surface area contributed by atoms with Gasteiger partial charge in [0.05, 0.1) is 10.6 Å². The van der Waals surface area contributed by atoms with Gasteiger partial charge in [-0.3, -0.25) is 9.48 Å². The Morgan fingerprint density at radius 3 is 2.07 bits per heavy atom. The van der Waals surface area contributed by atoms with Crippen LogP contribution in [0.3, 0.4) is 0 Å². The number of nitrogens with zero attached hydrogens (tertiary/aromatic N) is 2. The molecule has 1 N–H and O–H groups in total. The molecule has 1 aliphatic carbocycles. The Kier molecular flexibility index (Phi) is 5.20. The Balaban J connectivity index is 1.59. The van der Waals surface area contributed by atoms with Crippen molar-refractivity contribution >= 4 is 10.0 Å². The Hall–Kier alpha value is -2.64. The first-order valence-corrected chi connectivity index (χ1v) is 11.7. The van der Waals surface area contributed by atoms with Crippen LogP contribution < -0.4 is 10.3 Å². The molecule has 0 saturated heterocycles. The van der Waals surface area contributed by atoms with Gasteiger partial charge in [0, 0.05) is 24.3 Å². The Morgan fingerprint density at radius 2 is 1.57 bits per heavy atom. The van der Waals surface area contributed by atoms with Gasteiger partial charge in [-0.25, -0.2) is 17.8 Å². The Morgan fingerprint density at radius 1 is 1.00 bits per heavy atom. The van der Waals surface area contributed by atoms with E-state index in [4.69, 9.17) is 0 Å². The van der Waals surface area contributed by atoms with Crippen LogP contribution in [0.4, 0.5) is 0 Å². The van der Waals surface area contributed by atoms with Crippen LogP contribution in [-0.2, 0) is 29.9 Å². The molecular weight excluding hydrogens is 398 g/mol. The molecule has 3 aromatic rings. The molecule has 1 aliphatic rings. The molecule has 0 saturated carbocycles. The minimum Gasteiger partial charge on any atom is -0.285 e. The molecule has 0 spiro atoms. The van der Waals surface area contributed by atoms with Gasteiger partial charge in [0.15, 0.2) is 0 Å². The monoisotopic (exact) mass is 425 g/mol. The van der Waals surface area contributed by atoms with E-state index in [0.717, 1.165) is 11.3 Å².